The first-order chi connectivity index (χ1) is 12.1. The van der Waals surface area contributed by atoms with E-state index in [1.807, 2.05) is 0 Å². The number of amides is 1. The van der Waals surface area contributed by atoms with Gasteiger partial charge >= 0.3 is 0 Å². The number of likely N-dealkylation sites (tertiary alicyclic amines) is 1. The van der Waals surface area contributed by atoms with Gasteiger partial charge in [0.05, 0.1) is 12.1 Å². The van der Waals surface area contributed by atoms with Crippen molar-refractivity contribution in [3.05, 3.63) is 59.7 Å². The molecule has 0 radical (unpaired) electrons. The standard InChI is InChI=1S/C21H24N2O2/c1-22(13-15(24)14-23-12-6-11-20(23)25)21-18-9-4-2-7-16(18)17-8-3-5-10-19(17)21/h2-5,7-10,15,21,24H,6,11-14H2,1H3. The molecule has 2 aromatic rings. The lowest BCUT2D eigenvalue weighted by molar-refractivity contribution is -0.129. The lowest BCUT2D eigenvalue weighted by Gasteiger charge is -2.30. The third kappa shape index (κ3) is 2.96. The van der Waals surface area contributed by atoms with Crippen LogP contribution in [0.3, 0.4) is 0 Å². The molecule has 4 heteroatoms. The van der Waals surface area contributed by atoms with E-state index in [4.69, 9.17) is 0 Å². The van der Waals surface area contributed by atoms with E-state index >= 15 is 0 Å². The van der Waals surface area contributed by atoms with Crippen molar-refractivity contribution in [1.29, 1.82) is 0 Å². The van der Waals surface area contributed by atoms with E-state index in [-0.39, 0.29) is 11.9 Å². The SMILES string of the molecule is CN(CC(O)CN1CCCC1=O)C1c2ccccc2-c2ccccc21. The van der Waals surface area contributed by atoms with Crippen molar-refractivity contribution < 1.29 is 9.90 Å². The molecule has 1 unspecified atom stereocenters. The van der Waals surface area contributed by atoms with E-state index in [0.717, 1.165) is 13.0 Å². The second-order valence-electron chi connectivity index (χ2n) is 7.11. The molecule has 1 fully saturated rings. The quantitative estimate of drug-likeness (QED) is 0.913. The zero-order valence-electron chi connectivity index (χ0n) is 14.6. The Balaban J connectivity index is 1.53. The van der Waals surface area contributed by atoms with E-state index in [0.29, 0.717) is 19.5 Å². The summed E-state index contributed by atoms with van der Waals surface area (Å²) in [6.07, 6.45) is 0.989. The summed E-state index contributed by atoms with van der Waals surface area (Å²) in [5.41, 5.74) is 5.13. The number of hydrogen-bond donors (Lipinski definition) is 1. The number of fused-ring (bicyclic) bond motifs is 3. The van der Waals surface area contributed by atoms with Crippen LogP contribution in [-0.2, 0) is 4.79 Å². The first-order valence-electron chi connectivity index (χ1n) is 8.99. The van der Waals surface area contributed by atoms with Crippen molar-refractivity contribution in [3.63, 3.8) is 0 Å². The first kappa shape index (κ1) is 16.3. The van der Waals surface area contributed by atoms with Crippen LogP contribution in [0.1, 0.15) is 30.0 Å². The smallest absolute Gasteiger partial charge is 0.222 e. The molecule has 25 heavy (non-hydrogen) atoms. The highest BCUT2D eigenvalue weighted by atomic mass is 16.3. The molecule has 0 bridgehead atoms. The summed E-state index contributed by atoms with van der Waals surface area (Å²) in [6, 6.07) is 17.1. The maximum absolute atomic E-state index is 11.8. The minimum atomic E-state index is -0.535. The fraction of sp³-hybridized carbons (Fsp3) is 0.381. The molecule has 1 atom stereocenters. The minimum absolute atomic E-state index is 0.149. The molecule has 1 saturated heterocycles. The van der Waals surface area contributed by atoms with Crippen LogP contribution in [0.2, 0.25) is 0 Å². The summed E-state index contributed by atoms with van der Waals surface area (Å²) in [6.45, 7) is 1.74. The van der Waals surface area contributed by atoms with Crippen molar-refractivity contribution in [2.24, 2.45) is 0 Å². The Morgan fingerprint density at radius 2 is 1.72 bits per heavy atom. The third-order valence-corrected chi connectivity index (χ3v) is 5.34. The fourth-order valence-electron chi connectivity index (χ4n) is 4.25. The van der Waals surface area contributed by atoms with Crippen molar-refractivity contribution in [2.75, 3.05) is 26.7 Å². The van der Waals surface area contributed by atoms with Gasteiger partial charge in [0.25, 0.3) is 0 Å². The maximum Gasteiger partial charge on any atom is 0.222 e. The Labute approximate surface area is 148 Å². The fourth-order valence-corrected chi connectivity index (χ4v) is 4.25. The highest BCUT2D eigenvalue weighted by Crippen LogP contribution is 2.45. The normalized spacial score (nSPS) is 17.9. The molecule has 1 amide bonds. The van der Waals surface area contributed by atoms with Crippen LogP contribution in [0.5, 0.6) is 0 Å². The Bertz CT molecular complexity index is 743. The molecule has 1 aliphatic heterocycles. The van der Waals surface area contributed by atoms with Gasteiger partial charge in [0.2, 0.25) is 5.91 Å². The van der Waals surface area contributed by atoms with Crippen LogP contribution in [-0.4, -0.2) is 53.6 Å². The van der Waals surface area contributed by atoms with Gasteiger partial charge in [-0.05, 0) is 35.7 Å². The maximum atomic E-state index is 11.8. The zero-order valence-corrected chi connectivity index (χ0v) is 14.6. The summed E-state index contributed by atoms with van der Waals surface area (Å²) in [7, 11) is 2.05. The van der Waals surface area contributed by atoms with Gasteiger partial charge in [0, 0.05) is 26.1 Å². The molecule has 1 N–H and O–H groups in total. The van der Waals surface area contributed by atoms with Crippen molar-refractivity contribution in [1.82, 2.24) is 9.80 Å². The molecule has 0 spiro atoms. The molecular weight excluding hydrogens is 312 g/mol. The number of rotatable bonds is 5. The van der Waals surface area contributed by atoms with Gasteiger partial charge in [0.15, 0.2) is 0 Å². The third-order valence-electron chi connectivity index (χ3n) is 5.34. The number of carbonyl (C=O) groups is 1. The lowest BCUT2D eigenvalue weighted by Crippen LogP contribution is -2.40. The Kier molecular flexibility index (Phi) is 4.32. The van der Waals surface area contributed by atoms with Gasteiger partial charge in [0.1, 0.15) is 0 Å². The van der Waals surface area contributed by atoms with Crippen LogP contribution < -0.4 is 0 Å². The number of aliphatic hydroxyl groups is 1. The van der Waals surface area contributed by atoms with E-state index in [2.05, 4.69) is 60.5 Å². The monoisotopic (exact) mass is 336 g/mol. The number of benzene rings is 2. The molecule has 0 aromatic heterocycles. The number of likely N-dealkylation sites (N-methyl/N-ethyl adjacent to an activating group) is 1. The van der Waals surface area contributed by atoms with Crippen LogP contribution in [0, 0.1) is 0 Å². The van der Waals surface area contributed by atoms with Gasteiger partial charge in [-0.3, -0.25) is 9.69 Å². The number of hydrogen-bond acceptors (Lipinski definition) is 3. The molecule has 2 aromatic carbocycles. The van der Waals surface area contributed by atoms with Crippen LogP contribution in [0.4, 0.5) is 0 Å². The predicted octanol–water partition coefficient (Wildman–Crippen LogP) is 2.67. The van der Waals surface area contributed by atoms with Gasteiger partial charge in [-0.1, -0.05) is 48.5 Å². The van der Waals surface area contributed by atoms with E-state index in [1.165, 1.54) is 22.3 Å². The molecule has 2 aliphatic rings. The highest BCUT2D eigenvalue weighted by molar-refractivity contribution is 5.79. The molecule has 0 saturated carbocycles. The van der Waals surface area contributed by atoms with Crippen LogP contribution in [0.15, 0.2) is 48.5 Å². The largest absolute Gasteiger partial charge is 0.390 e. The van der Waals surface area contributed by atoms with Crippen molar-refractivity contribution in [2.45, 2.75) is 25.0 Å². The topological polar surface area (TPSA) is 43.8 Å². The van der Waals surface area contributed by atoms with Crippen LogP contribution in [0.25, 0.3) is 11.1 Å². The molecular formula is C21H24N2O2. The van der Waals surface area contributed by atoms with Crippen molar-refractivity contribution >= 4 is 5.91 Å². The second-order valence-corrected chi connectivity index (χ2v) is 7.11. The summed E-state index contributed by atoms with van der Waals surface area (Å²) < 4.78 is 0. The van der Waals surface area contributed by atoms with Gasteiger partial charge < -0.3 is 10.0 Å². The molecule has 1 aliphatic carbocycles. The van der Waals surface area contributed by atoms with Gasteiger partial charge in [-0.25, -0.2) is 0 Å². The average molecular weight is 336 g/mol. The van der Waals surface area contributed by atoms with E-state index < -0.39 is 6.10 Å². The van der Waals surface area contributed by atoms with Gasteiger partial charge in [-0.2, -0.15) is 0 Å². The average Bonchev–Trinajstić information content (AvgIpc) is 3.16. The Morgan fingerprint density at radius 1 is 1.12 bits per heavy atom. The van der Waals surface area contributed by atoms with E-state index in [1.54, 1.807) is 4.90 Å². The number of nitrogens with zero attached hydrogens (tertiary/aromatic N) is 2. The van der Waals surface area contributed by atoms with E-state index in [9.17, 15) is 9.90 Å². The Hall–Kier alpha value is -2.17. The Morgan fingerprint density at radius 3 is 2.28 bits per heavy atom. The summed E-state index contributed by atoms with van der Waals surface area (Å²) in [5, 5.41) is 10.5. The van der Waals surface area contributed by atoms with Crippen LogP contribution >= 0.6 is 0 Å². The molecule has 4 nitrogen and oxygen atoms in total. The minimum Gasteiger partial charge on any atom is -0.390 e. The first-order valence-corrected chi connectivity index (χ1v) is 8.99. The molecule has 4 rings (SSSR count). The second kappa shape index (κ2) is 6.62. The lowest BCUT2D eigenvalue weighted by atomic mass is 10.0. The summed E-state index contributed by atoms with van der Waals surface area (Å²) >= 11 is 0. The summed E-state index contributed by atoms with van der Waals surface area (Å²) in [4.78, 5) is 15.8. The predicted molar refractivity (Wildman–Crippen MR) is 98.2 cm³/mol. The van der Waals surface area contributed by atoms with Crippen molar-refractivity contribution in [3.8, 4) is 11.1 Å². The number of carbonyl (C=O) groups excluding carboxylic acids is 1. The van der Waals surface area contributed by atoms with Gasteiger partial charge in [-0.15, -0.1) is 0 Å². The molecule has 130 valence electrons. The molecule has 1 heterocycles. The highest BCUT2D eigenvalue weighted by Gasteiger charge is 2.32. The summed E-state index contributed by atoms with van der Waals surface area (Å²) in [5.74, 6) is 0.165. The number of aliphatic hydroxyl groups excluding tert-OH is 1. The number of β-amino-alcohol motifs (C(OH)–C–C–N with tert-alkyl or cyclic N) is 1. The zero-order chi connectivity index (χ0) is 17.4.